The van der Waals surface area contributed by atoms with Crippen LogP contribution in [-0.4, -0.2) is 22.2 Å². The maximum Gasteiger partial charge on any atom is 0.233 e. The molecule has 0 saturated heterocycles. The summed E-state index contributed by atoms with van der Waals surface area (Å²) in [6, 6.07) is 9.75. The van der Waals surface area contributed by atoms with Crippen molar-refractivity contribution in [2.75, 3.05) is 17.2 Å². The number of rotatable bonds is 2. The van der Waals surface area contributed by atoms with E-state index in [1.165, 1.54) is 0 Å². The third kappa shape index (κ3) is 2.31. The fourth-order valence-corrected chi connectivity index (χ4v) is 2.44. The largest absolute Gasteiger partial charge is 0.385 e. The molecule has 1 amide bonds. The molecule has 1 aliphatic heterocycles. The highest BCUT2D eigenvalue weighted by molar-refractivity contribution is 5.96. The monoisotopic (exact) mass is 256 g/mol. The standard InChI is InChI=1S/C14H16N4O/c1-18-9-7-13(17-18)16-14(19)11-6-8-15-12-5-3-2-4-10(11)12/h2-5,7,9,11,15H,6,8H2,1H3,(H,16,17,19). The van der Waals surface area contributed by atoms with E-state index in [-0.39, 0.29) is 11.8 Å². The summed E-state index contributed by atoms with van der Waals surface area (Å²) < 4.78 is 1.67. The Bertz CT molecular complexity index is 605. The quantitative estimate of drug-likeness (QED) is 0.863. The molecule has 98 valence electrons. The van der Waals surface area contributed by atoms with Crippen molar-refractivity contribution in [2.24, 2.45) is 7.05 Å². The van der Waals surface area contributed by atoms with Crippen LogP contribution in [0, 0.1) is 0 Å². The van der Waals surface area contributed by atoms with Gasteiger partial charge in [-0.1, -0.05) is 18.2 Å². The van der Waals surface area contributed by atoms with Crippen LogP contribution in [0.4, 0.5) is 11.5 Å². The number of aryl methyl sites for hydroxylation is 1. The first-order chi connectivity index (χ1) is 9.24. The van der Waals surface area contributed by atoms with Gasteiger partial charge in [-0.05, 0) is 18.1 Å². The van der Waals surface area contributed by atoms with Crippen molar-refractivity contribution in [1.82, 2.24) is 9.78 Å². The Morgan fingerprint density at radius 1 is 1.42 bits per heavy atom. The van der Waals surface area contributed by atoms with Crippen molar-refractivity contribution < 1.29 is 4.79 Å². The minimum atomic E-state index is -0.112. The van der Waals surface area contributed by atoms with Gasteiger partial charge in [0, 0.05) is 31.5 Å². The van der Waals surface area contributed by atoms with Gasteiger partial charge in [0.1, 0.15) is 0 Å². The lowest BCUT2D eigenvalue weighted by atomic mass is 9.90. The molecule has 1 aromatic carbocycles. The molecule has 1 atom stereocenters. The first-order valence-corrected chi connectivity index (χ1v) is 6.37. The zero-order valence-corrected chi connectivity index (χ0v) is 10.8. The minimum absolute atomic E-state index is 0.00708. The van der Waals surface area contributed by atoms with Crippen LogP contribution in [0.3, 0.4) is 0 Å². The molecule has 3 rings (SSSR count). The number of hydrogen-bond donors (Lipinski definition) is 2. The van der Waals surface area contributed by atoms with Crippen molar-refractivity contribution >= 4 is 17.4 Å². The summed E-state index contributed by atoms with van der Waals surface area (Å²) in [5.74, 6) is 0.496. The third-order valence-corrected chi connectivity index (χ3v) is 3.37. The number of anilines is 2. The summed E-state index contributed by atoms with van der Waals surface area (Å²) in [4.78, 5) is 12.4. The van der Waals surface area contributed by atoms with Gasteiger partial charge >= 0.3 is 0 Å². The van der Waals surface area contributed by atoms with E-state index in [0.29, 0.717) is 5.82 Å². The number of carbonyl (C=O) groups excluding carboxylic acids is 1. The molecule has 0 saturated carbocycles. The molecule has 19 heavy (non-hydrogen) atoms. The molecule has 1 aromatic heterocycles. The van der Waals surface area contributed by atoms with E-state index >= 15 is 0 Å². The first kappa shape index (κ1) is 11.8. The van der Waals surface area contributed by atoms with Gasteiger partial charge in [-0.2, -0.15) is 5.10 Å². The van der Waals surface area contributed by atoms with E-state index in [4.69, 9.17) is 0 Å². The van der Waals surface area contributed by atoms with E-state index in [2.05, 4.69) is 15.7 Å². The van der Waals surface area contributed by atoms with Gasteiger partial charge < -0.3 is 10.6 Å². The van der Waals surface area contributed by atoms with Crippen LogP contribution < -0.4 is 10.6 Å². The lowest BCUT2D eigenvalue weighted by molar-refractivity contribution is -0.117. The number of nitrogens with zero attached hydrogens (tertiary/aromatic N) is 2. The second-order valence-electron chi connectivity index (χ2n) is 4.72. The number of nitrogens with one attached hydrogen (secondary N) is 2. The Kier molecular flexibility index (Phi) is 2.95. The number of carbonyl (C=O) groups is 1. The highest BCUT2D eigenvalue weighted by Gasteiger charge is 2.26. The van der Waals surface area contributed by atoms with E-state index in [1.54, 1.807) is 10.7 Å². The Morgan fingerprint density at radius 2 is 2.26 bits per heavy atom. The number of hydrogen-bond acceptors (Lipinski definition) is 3. The lowest BCUT2D eigenvalue weighted by Gasteiger charge is -2.25. The van der Waals surface area contributed by atoms with Crippen LogP contribution >= 0.6 is 0 Å². The summed E-state index contributed by atoms with van der Waals surface area (Å²) in [6.07, 6.45) is 2.61. The second kappa shape index (κ2) is 4.76. The molecule has 0 radical (unpaired) electrons. The van der Waals surface area contributed by atoms with Crippen molar-refractivity contribution in [3.8, 4) is 0 Å². The van der Waals surface area contributed by atoms with Crippen LogP contribution in [0.5, 0.6) is 0 Å². The molecule has 0 spiro atoms. The molecule has 2 aromatic rings. The Hall–Kier alpha value is -2.30. The molecule has 2 heterocycles. The Morgan fingerprint density at radius 3 is 3.05 bits per heavy atom. The number of amides is 1. The summed E-state index contributed by atoms with van der Waals surface area (Å²) in [5.41, 5.74) is 2.11. The first-order valence-electron chi connectivity index (χ1n) is 6.37. The van der Waals surface area contributed by atoms with E-state index in [9.17, 15) is 4.79 Å². The Labute approximate surface area is 111 Å². The molecular formula is C14H16N4O. The van der Waals surface area contributed by atoms with E-state index in [0.717, 1.165) is 24.2 Å². The van der Waals surface area contributed by atoms with Gasteiger partial charge in [0.25, 0.3) is 0 Å². The van der Waals surface area contributed by atoms with Crippen molar-refractivity contribution in [2.45, 2.75) is 12.3 Å². The van der Waals surface area contributed by atoms with Gasteiger partial charge in [-0.25, -0.2) is 0 Å². The molecular weight excluding hydrogens is 240 g/mol. The highest BCUT2D eigenvalue weighted by Crippen LogP contribution is 2.31. The lowest BCUT2D eigenvalue weighted by Crippen LogP contribution is -2.27. The summed E-state index contributed by atoms with van der Waals surface area (Å²) in [5, 5.41) is 10.4. The molecule has 1 aliphatic rings. The predicted molar refractivity (Wildman–Crippen MR) is 74.1 cm³/mol. The number of aromatic nitrogens is 2. The SMILES string of the molecule is Cn1ccc(NC(=O)C2CCNc3ccccc32)n1. The predicted octanol–water partition coefficient (Wildman–Crippen LogP) is 1.96. The van der Waals surface area contributed by atoms with Crippen LogP contribution in [0.1, 0.15) is 17.9 Å². The Balaban J connectivity index is 1.81. The van der Waals surface area contributed by atoms with Crippen molar-refractivity contribution in [3.05, 3.63) is 42.1 Å². The van der Waals surface area contributed by atoms with Gasteiger partial charge in [0.05, 0.1) is 5.92 Å². The van der Waals surface area contributed by atoms with Crippen LogP contribution in [-0.2, 0) is 11.8 Å². The van der Waals surface area contributed by atoms with Gasteiger partial charge in [0.2, 0.25) is 5.91 Å². The molecule has 0 fully saturated rings. The maximum atomic E-state index is 12.4. The average Bonchev–Trinajstić information content (AvgIpc) is 2.83. The van der Waals surface area contributed by atoms with Crippen LogP contribution in [0.15, 0.2) is 36.5 Å². The summed E-state index contributed by atoms with van der Waals surface area (Å²) >= 11 is 0. The van der Waals surface area contributed by atoms with Crippen LogP contribution in [0.2, 0.25) is 0 Å². The fraction of sp³-hybridized carbons (Fsp3) is 0.286. The van der Waals surface area contributed by atoms with Gasteiger partial charge in [0.15, 0.2) is 5.82 Å². The smallest absolute Gasteiger partial charge is 0.233 e. The zero-order valence-electron chi connectivity index (χ0n) is 10.8. The second-order valence-corrected chi connectivity index (χ2v) is 4.72. The normalized spacial score (nSPS) is 17.4. The van der Waals surface area contributed by atoms with Crippen LogP contribution in [0.25, 0.3) is 0 Å². The fourth-order valence-electron chi connectivity index (χ4n) is 2.44. The zero-order chi connectivity index (χ0) is 13.2. The molecule has 2 N–H and O–H groups in total. The average molecular weight is 256 g/mol. The highest BCUT2D eigenvalue weighted by atomic mass is 16.2. The summed E-state index contributed by atoms with van der Waals surface area (Å²) in [7, 11) is 1.83. The number of para-hydroxylation sites is 1. The van der Waals surface area contributed by atoms with Gasteiger partial charge in [-0.15, -0.1) is 0 Å². The number of fused-ring (bicyclic) bond motifs is 1. The minimum Gasteiger partial charge on any atom is -0.385 e. The summed E-state index contributed by atoms with van der Waals surface area (Å²) in [6.45, 7) is 0.817. The molecule has 0 bridgehead atoms. The van der Waals surface area contributed by atoms with Crippen molar-refractivity contribution in [1.29, 1.82) is 0 Å². The maximum absolute atomic E-state index is 12.4. The molecule has 5 nitrogen and oxygen atoms in total. The van der Waals surface area contributed by atoms with E-state index in [1.807, 2.05) is 37.5 Å². The van der Waals surface area contributed by atoms with Crippen molar-refractivity contribution in [3.63, 3.8) is 0 Å². The van der Waals surface area contributed by atoms with Gasteiger partial charge in [-0.3, -0.25) is 9.48 Å². The topological polar surface area (TPSA) is 59.0 Å². The molecule has 5 heteroatoms. The molecule has 0 aliphatic carbocycles. The van der Waals surface area contributed by atoms with E-state index < -0.39 is 0 Å². The third-order valence-electron chi connectivity index (χ3n) is 3.37. The molecule has 1 unspecified atom stereocenters. The number of benzene rings is 1.